The molecule has 1 aliphatic rings. The second-order valence-electron chi connectivity index (χ2n) is 7.03. The fraction of sp³-hybridized carbons (Fsp3) is 0.389. The van der Waals surface area contributed by atoms with E-state index in [0.29, 0.717) is 26.2 Å². The van der Waals surface area contributed by atoms with Gasteiger partial charge >= 0.3 is 12.1 Å². The third-order valence-corrected chi connectivity index (χ3v) is 5.11. The first kappa shape index (κ1) is 20.5. The molecule has 30 heavy (non-hydrogen) atoms. The quantitative estimate of drug-likeness (QED) is 0.454. The average molecular weight is 433 g/mol. The lowest BCUT2D eigenvalue weighted by Gasteiger charge is -2.33. The molecule has 2 aromatic heterocycles. The number of hydrogen-bond donors (Lipinski definition) is 0. The third-order valence-electron chi connectivity index (χ3n) is 5.11. The maximum Gasteiger partial charge on any atom is 0.458 e. The predicted molar refractivity (Wildman–Crippen MR) is 94.4 cm³/mol. The fourth-order valence-corrected chi connectivity index (χ4v) is 3.41. The molecule has 0 aliphatic carbocycles. The van der Waals surface area contributed by atoms with Crippen LogP contribution in [0.15, 0.2) is 18.6 Å². The first-order valence-electron chi connectivity index (χ1n) is 8.82. The molecule has 0 bridgehead atoms. The van der Waals surface area contributed by atoms with E-state index in [1.54, 1.807) is 4.90 Å². The molecule has 3 aromatic rings. The van der Waals surface area contributed by atoms with Crippen molar-refractivity contribution >= 4 is 27.6 Å². The zero-order valence-electron chi connectivity index (χ0n) is 15.4. The van der Waals surface area contributed by atoms with Crippen molar-refractivity contribution in [3.05, 3.63) is 35.8 Å². The van der Waals surface area contributed by atoms with E-state index in [4.69, 9.17) is 0 Å². The van der Waals surface area contributed by atoms with Crippen LogP contribution in [0.25, 0.3) is 21.8 Å². The van der Waals surface area contributed by atoms with E-state index in [1.807, 2.05) is 11.9 Å². The second kappa shape index (κ2) is 6.89. The van der Waals surface area contributed by atoms with Crippen LogP contribution in [0.4, 0.5) is 36.6 Å². The molecule has 0 saturated carbocycles. The number of hydrogen-bond acceptors (Lipinski definition) is 5. The second-order valence-corrected chi connectivity index (χ2v) is 7.03. The fourth-order valence-electron chi connectivity index (χ4n) is 3.41. The van der Waals surface area contributed by atoms with Gasteiger partial charge in [0, 0.05) is 43.1 Å². The lowest BCUT2D eigenvalue weighted by molar-refractivity contribution is -0.290. The SMILES string of the molecule is CN1CCN(c2nc3c(F)c(F)c(C(F)(F)C(F)(F)F)cc3c3cncnc23)CC1. The van der Waals surface area contributed by atoms with Crippen molar-refractivity contribution in [1.82, 2.24) is 19.9 Å². The van der Waals surface area contributed by atoms with E-state index in [-0.39, 0.29) is 22.8 Å². The Balaban J connectivity index is 2.02. The maximum absolute atomic E-state index is 14.7. The third kappa shape index (κ3) is 3.09. The Morgan fingerprint density at radius 3 is 2.20 bits per heavy atom. The summed E-state index contributed by atoms with van der Waals surface area (Å²) in [4.78, 5) is 15.7. The zero-order valence-corrected chi connectivity index (χ0v) is 15.4. The minimum atomic E-state index is -6.10. The molecule has 1 aliphatic heterocycles. The Labute approximate surface area is 165 Å². The van der Waals surface area contributed by atoms with Gasteiger partial charge in [0.15, 0.2) is 17.5 Å². The van der Waals surface area contributed by atoms with Gasteiger partial charge in [-0.1, -0.05) is 0 Å². The van der Waals surface area contributed by atoms with Gasteiger partial charge < -0.3 is 9.80 Å². The Bertz CT molecular complexity index is 1120. The Kier molecular flexibility index (Phi) is 4.71. The number of halogens is 7. The molecule has 1 fully saturated rings. The van der Waals surface area contributed by atoms with Gasteiger partial charge in [0.25, 0.3) is 0 Å². The number of likely N-dealkylation sites (N-methyl/N-ethyl adjacent to an activating group) is 1. The van der Waals surface area contributed by atoms with Crippen LogP contribution in [0.2, 0.25) is 0 Å². The van der Waals surface area contributed by atoms with Crippen molar-refractivity contribution in [3.63, 3.8) is 0 Å². The van der Waals surface area contributed by atoms with Crippen molar-refractivity contribution in [2.75, 3.05) is 38.1 Å². The highest BCUT2D eigenvalue weighted by atomic mass is 19.4. The summed E-state index contributed by atoms with van der Waals surface area (Å²) >= 11 is 0. The van der Waals surface area contributed by atoms with Gasteiger partial charge in [-0.2, -0.15) is 22.0 Å². The number of nitrogens with zero attached hydrogens (tertiary/aromatic N) is 5. The summed E-state index contributed by atoms with van der Waals surface area (Å²) in [7, 11) is 1.91. The van der Waals surface area contributed by atoms with Crippen LogP contribution in [-0.2, 0) is 5.92 Å². The molecule has 12 heteroatoms. The van der Waals surface area contributed by atoms with Crippen LogP contribution in [0.1, 0.15) is 5.56 Å². The van der Waals surface area contributed by atoms with Gasteiger partial charge in [-0.15, -0.1) is 0 Å². The molecule has 0 spiro atoms. The molecule has 0 atom stereocenters. The number of fused-ring (bicyclic) bond motifs is 3. The number of pyridine rings is 1. The molecule has 1 saturated heterocycles. The van der Waals surface area contributed by atoms with Gasteiger partial charge in [0.05, 0.1) is 5.56 Å². The predicted octanol–water partition coefficient (Wildman–Crippen LogP) is 3.86. The lowest BCUT2D eigenvalue weighted by Crippen LogP contribution is -2.45. The van der Waals surface area contributed by atoms with Crippen molar-refractivity contribution in [3.8, 4) is 0 Å². The highest BCUT2D eigenvalue weighted by Crippen LogP contribution is 2.46. The summed E-state index contributed by atoms with van der Waals surface area (Å²) in [5.74, 6) is -9.59. The monoisotopic (exact) mass is 433 g/mol. The lowest BCUT2D eigenvalue weighted by atomic mass is 10.0. The van der Waals surface area contributed by atoms with E-state index < -0.39 is 40.2 Å². The number of piperazine rings is 1. The van der Waals surface area contributed by atoms with Gasteiger partial charge in [0.1, 0.15) is 17.4 Å². The maximum atomic E-state index is 14.7. The Morgan fingerprint density at radius 1 is 0.900 bits per heavy atom. The average Bonchev–Trinajstić information content (AvgIpc) is 2.69. The van der Waals surface area contributed by atoms with Gasteiger partial charge in [0.2, 0.25) is 0 Å². The van der Waals surface area contributed by atoms with E-state index >= 15 is 0 Å². The standard InChI is InChI=1S/C18H14F7N5/c1-29-2-4-30(5-3-29)16-15-10(7-26-8-27-15)9-6-11(17(21,22)18(23,24)25)12(19)13(20)14(9)28-16/h6-8H,2-5H2,1H3. The van der Waals surface area contributed by atoms with E-state index in [9.17, 15) is 30.7 Å². The van der Waals surface area contributed by atoms with E-state index in [1.165, 1.54) is 0 Å². The minimum absolute atomic E-state index is 0.00504. The van der Waals surface area contributed by atoms with Crippen LogP contribution in [0, 0.1) is 11.6 Å². The number of rotatable bonds is 2. The Hall–Kier alpha value is -2.76. The molecule has 0 radical (unpaired) electrons. The summed E-state index contributed by atoms with van der Waals surface area (Å²) in [5, 5.41) is -0.434. The highest BCUT2D eigenvalue weighted by Gasteiger charge is 2.60. The van der Waals surface area contributed by atoms with Crippen molar-refractivity contribution in [2.24, 2.45) is 0 Å². The Morgan fingerprint density at radius 2 is 1.57 bits per heavy atom. The van der Waals surface area contributed by atoms with E-state index in [2.05, 4.69) is 15.0 Å². The molecule has 0 unspecified atom stereocenters. The molecule has 160 valence electrons. The number of aromatic nitrogens is 3. The normalized spacial score (nSPS) is 16.6. The van der Waals surface area contributed by atoms with Gasteiger partial charge in [-0.05, 0) is 13.1 Å². The summed E-state index contributed by atoms with van der Waals surface area (Å²) < 4.78 is 95.1. The molecule has 0 N–H and O–H groups in total. The summed E-state index contributed by atoms with van der Waals surface area (Å²) in [6, 6.07) is 0.272. The summed E-state index contributed by atoms with van der Waals surface area (Å²) in [6.07, 6.45) is -3.80. The molecule has 1 aromatic carbocycles. The summed E-state index contributed by atoms with van der Waals surface area (Å²) in [5.41, 5.74) is -2.63. The number of benzene rings is 1. The highest BCUT2D eigenvalue weighted by molar-refractivity contribution is 6.08. The van der Waals surface area contributed by atoms with Gasteiger partial charge in [-0.3, -0.25) is 0 Å². The van der Waals surface area contributed by atoms with Crippen molar-refractivity contribution in [1.29, 1.82) is 0 Å². The smallest absolute Gasteiger partial charge is 0.352 e. The van der Waals surface area contributed by atoms with Crippen molar-refractivity contribution < 1.29 is 30.7 Å². The first-order valence-corrected chi connectivity index (χ1v) is 8.82. The molecular weight excluding hydrogens is 419 g/mol. The van der Waals surface area contributed by atoms with Crippen LogP contribution < -0.4 is 4.90 Å². The van der Waals surface area contributed by atoms with Crippen LogP contribution in [0.5, 0.6) is 0 Å². The number of anilines is 1. The first-order chi connectivity index (χ1) is 14.0. The van der Waals surface area contributed by atoms with Crippen molar-refractivity contribution in [2.45, 2.75) is 12.1 Å². The largest absolute Gasteiger partial charge is 0.458 e. The zero-order chi connectivity index (χ0) is 21.8. The van der Waals surface area contributed by atoms with Crippen LogP contribution >= 0.6 is 0 Å². The molecule has 4 rings (SSSR count). The minimum Gasteiger partial charge on any atom is -0.352 e. The van der Waals surface area contributed by atoms with Crippen LogP contribution in [0.3, 0.4) is 0 Å². The molecule has 0 amide bonds. The molecular formula is C18H14F7N5. The molecule has 5 nitrogen and oxygen atoms in total. The van der Waals surface area contributed by atoms with Gasteiger partial charge in [-0.25, -0.2) is 23.7 Å². The summed E-state index contributed by atoms with van der Waals surface area (Å²) in [6.45, 7) is 2.28. The number of alkyl halides is 5. The topological polar surface area (TPSA) is 45.2 Å². The van der Waals surface area contributed by atoms with Crippen LogP contribution in [-0.4, -0.2) is 59.3 Å². The van der Waals surface area contributed by atoms with E-state index in [0.717, 1.165) is 12.5 Å². The molecule has 3 heterocycles.